The van der Waals surface area contributed by atoms with Gasteiger partial charge in [-0.25, -0.2) is 4.79 Å². The SMILES string of the molecule is CCCCCCCCCCCC([O-])=N[C@@H](CS)C(=O)O.[Na+]. The fourth-order valence-electron chi connectivity index (χ4n) is 2.00. The van der Waals surface area contributed by atoms with Crippen LogP contribution in [0.25, 0.3) is 0 Å². The molecule has 0 aliphatic heterocycles. The molecule has 1 N–H and O–H groups in total. The fraction of sp³-hybridized carbons (Fsp3) is 0.867. The van der Waals surface area contributed by atoms with Crippen molar-refractivity contribution < 1.29 is 44.6 Å². The Hall–Kier alpha value is 0.290. The molecule has 0 heterocycles. The summed E-state index contributed by atoms with van der Waals surface area (Å²) in [6.07, 6.45) is 11.1. The minimum atomic E-state index is -1.08. The number of aliphatic carboxylic acids is 1. The number of aliphatic imine (C=N–C) groups is 1. The van der Waals surface area contributed by atoms with Crippen LogP contribution in [0.15, 0.2) is 4.99 Å². The normalized spacial score (nSPS) is 12.8. The smallest absolute Gasteiger partial charge is 0.862 e. The van der Waals surface area contributed by atoms with Crippen LogP contribution >= 0.6 is 12.6 Å². The molecule has 0 saturated carbocycles. The zero-order valence-electron chi connectivity index (χ0n) is 13.5. The van der Waals surface area contributed by atoms with E-state index in [9.17, 15) is 9.90 Å². The van der Waals surface area contributed by atoms with Crippen molar-refractivity contribution in [1.29, 1.82) is 0 Å². The van der Waals surface area contributed by atoms with E-state index < -0.39 is 12.0 Å². The molecular weight excluding hydrogens is 297 g/mol. The summed E-state index contributed by atoms with van der Waals surface area (Å²) in [7, 11) is 0. The largest absolute Gasteiger partial charge is 1.00 e. The van der Waals surface area contributed by atoms with E-state index in [1.165, 1.54) is 38.5 Å². The van der Waals surface area contributed by atoms with E-state index in [0.717, 1.165) is 19.3 Å². The number of nitrogens with zero attached hydrogens (tertiary/aromatic N) is 1. The number of unbranched alkanes of at least 4 members (excludes halogenated alkanes) is 8. The van der Waals surface area contributed by atoms with Gasteiger partial charge in [-0.05, 0) is 18.7 Å². The summed E-state index contributed by atoms with van der Waals surface area (Å²) in [5.74, 6) is -1.33. The minimum Gasteiger partial charge on any atom is -0.862 e. The molecule has 0 radical (unpaired) electrons. The number of hydrogen-bond acceptors (Lipinski definition) is 4. The van der Waals surface area contributed by atoms with E-state index in [1.807, 2.05) is 0 Å². The Morgan fingerprint density at radius 1 is 1.10 bits per heavy atom. The molecule has 0 aromatic rings. The molecular formula is C15H28NNaO3S. The quantitative estimate of drug-likeness (QED) is 0.165. The molecule has 0 amide bonds. The zero-order valence-corrected chi connectivity index (χ0v) is 16.4. The average Bonchev–Trinajstić information content (AvgIpc) is 2.42. The van der Waals surface area contributed by atoms with Crippen molar-refractivity contribution in [1.82, 2.24) is 0 Å². The first-order chi connectivity index (χ1) is 9.61. The van der Waals surface area contributed by atoms with Gasteiger partial charge in [-0.15, -0.1) is 0 Å². The molecule has 0 unspecified atom stereocenters. The standard InChI is InChI=1S/C15H29NO3S.Na/c1-2-3-4-5-6-7-8-9-10-11-14(17)16-13(12-20)15(18)19;/h13,20H,2-12H2,1H3,(H,16,17)(H,18,19);/q;+1/p-1/t13-;/m0./s1. The van der Waals surface area contributed by atoms with Crippen molar-refractivity contribution in [3.63, 3.8) is 0 Å². The van der Waals surface area contributed by atoms with Gasteiger partial charge < -0.3 is 10.2 Å². The van der Waals surface area contributed by atoms with Crippen LogP contribution in [0.4, 0.5) is 0 Å². The predicted molar refractivity (Wildman–Crippen MR) is 84.6 cm³/mol. The first kappa shape index (κ1) is 23.6. The Labute approximate surface area is 156 Å². The van der Waals surface area contributed by atoms with Crippen LogP contribution < -0.4 is 34.7 Å². The van der Waals surface area contributed by atoms with Crippen LogP contribution in [0.3, 0.4) is 0 Å². The maximum Gasteiger partial charge on any atom is 1.00 e. The summed E-state index contributed by atoms with van der Waals surface area (Å²) >= 11 is 3.87. The maximum absolute atomic E-state index is 11.5. The van der Waals surface area contributed by atoms with E-state index in [2.05, 4.69) is 24.5 Å². The van der Waals surface area contributed by atoms with Gasteiger partial charge in [0.2, 0.25) is 0 Å². The van der Waals surface area contributed by atoms with Crippen LogP contribution in [0.1, 0.15) is 71.1 Å². The number of carboxylic acids is 1. The number of rotatable bonds is 13. The number of carboxylic acid groups (broad SMARTS) is 1. The van der Waals surface area contributed by atoms with Gasteiger partial charge in [0.05, 0.1) is 0 Å². The number of carbonyl (C=O) groups is 1. The molecule has 6 heteroatoms. The third-order valence-electron chi connectivity index (χ3n) is 3.25. The van der Waals surface area contributed by atoms with Crippen molar-refractivity contribution in [2.45, 2.75) is 77.2 Å². The van der Waals surface area contributed by atoms with Crippen LogP contribution in [-0.2, 0) is 4.79 Å². The summed E-state index contributed by atoms with van der Waals surface area (Å²) in [4.78, 5) is 14.3. The molecule has 118 valence electrons. The Bertz CT molecular complexity index is 288. The van der Waals surface area contributed by atoms with Crippen molar-refractivity contribution >= 4 is 24.5 Å². The van der Waals surface area contributed by atoms with Crippen molar-refractivity contribution in [2.24, 2.45) is 4.99 Å². The van der Waals surface area contributed by atoms with Gasteiger partial charge in [-0.3, -0.25) is 4.99 Å². The van der Waals surface area contributed by atoms with Gasteiger partial charge in [-0.1, -0.05) is 58.3 Å². The summed E-state index contributed by atoms with van der Waals surface area (Å²) < 4.78 is 0. The predicted octanol–water partition coefficient (Wildman–Crippen LogP) is 0.0531. The molecule has 0 fully saturated rings. The van der Waals surface area contributed by atoms with Gasteiger partial charge in [0.1, 0.15) is 0 Å². The van der Waals surface area contributed by atoms with E-state index in [4.69, 9.17) is 5.11 Å². The number of hydrogen-bond donors (Lipinski definition) is 2. The summed E-state index contributed by atoms with van der Waals surface area (Å²) in [6, 6.07) is -0.996. The van der Waals surface area contributed by atoms with Gasteiger partial charge in [0.25, 0.3) is 0 Å². The summed E-state index contributed by atoms with van der Waals surface area (Å²) in [6.45, 7) is 2.21. The van der Waals surface area contributed by atoms with Crippen LogP contribution in [0, 0.1) is 0 Å². The van der Waals surface area contributed by atoms with Gasteiger partial charge in [-0.2, -0.15) is 12.6 Å². The second-order valence-corrected chi connectivity index (χ2v) is 5.50. The van der Waals surface area contributed by atoms with Crippen molar-refractivity contribution in [3.8, 4) is 0 Å². The Balaban J connectivity index is 0. The fourth-order valence-corrected chi connectivity index (χ4v) is 2.24. The summed E-state index contributed by atoms with van der Waals surface area (Å²) in [5, 5.41) is 20.2. The first-order valence-corrected chi connectivity index (χ1v) is 8.32. The molecule has 4 nitrogen and oxygen atoms in total. The maximum atomic E-state index is 11.5. The van der Waals surface area contributed by atoms with Crippen LogP contribution in [0.2, 0.25) is 0 Å². The molecule has 0 aromatic carbocycles. The van der Waals surface area contributed by atoms with E-state index in [-0.39, 0.29) is 41.2 Å². The van der Waals surface area contributed by atoms with Gasteiger partial charge in [0, 0.05) is 5.75 Å². The van der Waals surface area contributed by atoms with Crippen molar-refractivity contribution in [2.75, 3.05) is 5.75 Å². The molecule has 0 aliphatic carbocycles. The van der Waals surface area contributed by atoms with E-state index in [0.29, 0.717) is 6.42 Å². The summed E-state index contributed by atoms with van der Waals surface area (Å²) in [5.41, 5.74) is 0. The third kappa shape index (κ3) is 15.0. The second-order valence-electron chi connectivity index (χ2n) is 5.14. The molecule has 0 aliphatic rings. The Morgan fingerprint density at radius 3 is 2.00 bits per heavy atom. The molecule has 0 aromatic heterocycles. The molecule has 1 atom stereocenters. The average molecular weight is 325 g/mol. The third-order valence-corrected chi connectivity index (χ3v) is 3.60. The Morgan fingerprint density at radius 2 is 1.57 bits per heavy atom. The van der Waals surface area contributed by atoms with E-state index >= 15 is 0 Å². The topological polar surface area (TPSA) is 72.7 Å². The molecule has 0 bridgehead atoms. The van der Waals surface area contributed by atoms with Gasteiger partial charge >= 0.3 is 35.5 Å². The molecule has 21 heavy (non-hydrogen) atoms. The van der Waals surface area contributed by atoms with Crippen molar-refractivity contribution in [3.05, 3.63) is 0 Å². The Kier molecular flexibility index (Phi) is 18.7. The van der Waals surface area contributed by atoms with Gasteiger partial charge in [0.15, 0.2) is 6.04 Å². The molecule has 0 saturated heterocycles. The molecule has 0 spiro atoms. The first-order valence-electron chi connectivity index (χ1n) is 7.69. The minimum absolute atomic E-state index is 0. The molecule has 0 rings (SSSR count). The second kappa shape index (κ2) is 16.7. The monoisotopic (exact) mass is 325 g/mol. The zero-order chi connectivity index (χ0) is 15.2. The number of thiol groups is 1. The van der Waals surface area contributed by atoms with E-state index in [1.54, 1.807) is 0 Å². The van der Waals surface area contributed by atoms with Crippen LogP contribution in [0.5, 0.6) is 0 Å². The van der Waals surface area contributed by atoms with Crippen LogP contribution in [-0.4, -0.2) is 28.8 Å².